The summed E-state index contributed by atoms with van der Waals surface area (Å²) >= 11 is 0. The quantitative estimate of drug-likeness (QED) is 0.610. The number of nitrogens with zero attached hydrogens (tertiary/aromatic N) is 4. The molecule has 1 saturated heterocycles. The standard InChI is InChI=1S/C17H16FN5O5/c18-12-1-3-13(4-2-12)20-5-7-21(8-6-20)16-14(22(25)26)9-11(17(19)24)10-15(16)23(27)28/h1-4,9-10H,5-8H2,(H2,19,24). The van der Waals surface area contributed by atoms with Crippen molar-refractivity contribution in [2.24, 2.45) is 5.73 Å². The van der Waals surface area contributed by atoms with Gasteiger partial charge in [0, 0.05) is 44.0 Å². The highest BCUT2D eigenvalue weighted by molar-refractivity contribution is 5.96. The van der Waals surface area contributed by atoms with Crippen LogP contribution in [0.15, 0.2) is 36.4 Å². The fraction of sp³-hybridized carbons (Fsp3) is 0.235. The van der Waals surface area contributed by atoms with Crippen LogP contribution in [0.4, 0.5) is 27.1 Å². The molecule has 0 aliphatic carbocycles. The zero-order valence-corrected chi connectivity index (χ0v) is 14.6. The van der Waals surface area contributed by atoms with Crippen molar-refractivity contribution in [2.45, 2.75) is 0 Å². The lowest BCUT2D eigenvalue weighted by Crippen LogP contribution is -2.47. The van der Waals surface area contributed by atoms with Gasteiger partial charge in [-0.15, -0.1) is 0 Å². The summed E-state index contributed by atoms with van der Waals surface area (Å²) in [5.74, 6) is -1.35. The highest BCUT2D eigenvalue weighted by Crippen LogP contribution is 2.39. The zero-order valence-electron chi connectivity index (χ0n) is 14.6. The van der Waals surface area contributed by atoms with Gasteiger partial charge in [-0.1, -0.05) is 0 Å². The van der Waals surface area contributed by atoms with Crippen LogP contribution in [0.1, 0.15) is 10.4 Å². The smallest absolute Gasteiger partial charge is 0.300 e. The Bertz CT molecular complexity index is 906. The monoisotopic (exact) mass is 389 g/mol. The molecule has 0 saturated carbocycles. The maximum Gasteiger partial charge on any atom is 0.300 e. The van der Waals surface area contributed by atoms with Gasteiger partial charge in [-0.05, 0) is 24.3 Å². The third-order valence-corrected chi connectivity index (χ3v) is 4.54. The van der Waals surface area contributed by atoms with Crippen LogP contribution in [0, 0.1) is 26.0 Å². The van der Waals surface area contributed by atoms with Crippen molar-refractivity contribution >= 4 is 28.7 Å². The SMILES string of the molecule is NC(=O)c1cc([N+](=O)[O-])c(N2CCN(c3ccc(F)cc3)CC2)c([N+](=O)[O-])c1. The number of nitro groups is 2. The van der Waals surface area contributed by atoms with Gasteiger partial charge in [0.1, 0.15) is 5.82 Å². The molecule has 1 aliphatic rings. The molecule has 3 rings (SSSR count). The Labute approximate surface area is 158 Å². The van der Waals surface area contributed by atoms with Crippen LogP contribution in [-0.4, -0.2) is 41.9 Å². The second kappa shape index (κ2) is 7.47. The van der Waals surface area contributed by atoms with Gasteiger partial charge in [-0.2, -0.15) is 0 Å². The number of piperazine rings is 1. The maximum absolute atomic E-state index is 13.1. The lowest BCUT2D eigenvalue weighted by Gasteiger charge is -2.36. The first-order valence-corrected chi connectivity index (χ1v) is 8.30. The van der Waals surface area contributed by atoms with Gasteiger partial charge in [0.25, 0.3) is 11.4 Å². The summed E-state index contributed by atoms with van der Waals surface area (Å²) < 4.78 is 13.1. The number of nitrogens with two attached hydrogens (primary N) is 1. The highest BCUT2D eigenvalue weighted by atomic mass is 19.1. The molecule has 0 atom stereocenters. The van der Waals surface area contributed by atoms with Crippen molar-refractivity contribution in [1.29, 1.82) is 0 Å². The molecule has 1 fully saturated rings. The first-order valence-electron chi connectivity index (χ1n) is 8.30. The molecular weight excluding hydrogens is 373 g/mol. The third-order valence-electron chi connectivity index (χ3n) is 4.54. The predicted octanol–water partition coefficient (Wildman–Crippen LogP) is 2.07. The highest BCUT2D eigenvalue weighted by Gasteiger charge is 2.33. The van der Waals surface area contributed by atoms with Crippen molar-refractivity contribution in [1.82, 2.24) is 0 Å². The number of rotatable bonds is 5. The number of halogens is 1. The second-order valence-corrected chi connectivity index (χ2v) is 6.19. The topological polar surface area (TPSA) is 136 Å². The summed E-state index contributed by atoms with van der Waals surface area (Å²) in [5, 5.41) is 23.0. The van der Waals surface area contributed by atoms with E-state index in [-0.39, 0.29) is 30.2 Å². The minimum Gasteiger partial charge on any atom is -0.368 e. The number of primary amides is 1. The lowest BCUT2D eigenvalue weighted by molar-refractivity contribution is -0.392. The Balaban J connectivity index is 1.93. The molecule has 0 aromatic heterocycles. The Morgan fingerprint density at radius 2 is 1.39 bits per heavy atom. The molecule has 2 aromatic rings. The number of amides is 1. The molecule has 2 aromatic carbocycles. The van der Waals surface area contributed by atoms with E-state index >= 15 is 0 Å². The number of hydrogen-bond acceptors (Lipinski definition) is 7. The number of benzene rings is 2. The van der Waals surface area contributed by atoms with Gasteiger partial charge in [-0.3, -0.25) is 25.0 Å². The number of anilines is 2. The van der Waals surface area contributed by atoms with Crippen molar-refractivity contribution in [3.8, 4) is 0 Å². The summed E-state index contributed by atoms with van der Waals surface area (Å²) in [7, 11) is 0. The minimum absolute atomic E-state index is 0.154. The molecule has 2 N–H and O–H groups in total. The predicted molar refractivity (Wildman–Crippen MR) is 99.1 cm³/mol. The van der Waals surface area contributed by atoms with E-state index in [9.17, 15) is 29.4 Å². The molecular formula is C17H16FN5O5. The summed E-state index contributed by atoms with van der Waals surface area (Å²) in [6.45, 7) is 1.40. The van der Waals surface area contributed by atoms with Gasteiger partial charge < -0.3 is 15.5 Å². The van der Waals surface area contributed by atoms with E-state index in [1.54, 1.807) is 17.0 Å². The Morgan fingerprint density at radius 1 is 0.929 bits per heavy atom. The Hall–Kier alpha value is -3.76. The Kier molecular flexibility index (Phi) is 5.07. The molecule has 146 valence electrons. The summed E-state index contributed by atoms with van der Waals surface area (Å²) in [5.41, 5.74) is 4.39. The molecule has 1 heterocycles. The van der Waals surface area contributed by atoms with E-state index in [0.717, 1.165) is 17.8 Å². The van der Waals surface area contributed by atoms with Crippen LogP contribution in [0.3, 0.4) is 0 Å². The minimum atomic E-state index is -0.987. The van der Waals surface area contributed by atoms with Crippen LogP contribution < -0.4 is 15.5 Å². The summed E-state index contributed by atoms with van der Waals surface area (Å²) in [4.78, 5) is 36.3. The molecule has 1 amide bonds. The van der Waals surface area contributed by atoms with E-state index in [0.29, 0.717) is 13.1 Å². The number of nitro benzene ring substituents is 2. The van der Waals surface area contributed by atoms with Crippen molar-refractivity contribution in [2.75, 3.05) is 36.0 Å². The number of carbonyl (C=O) groups excluding carboxylic acids is 1. The zero-order chi connectivity index (χ0) is 20.4. The fourth-order valence-electron chi connectivity index (χ4n) is 3.19. The van der Waals surface area contributed by atoms with Crippen molar-refractivity contribution in [3.05, 3.63) is 68.0 Å². The maximum atomic E-state index is 13.1. The normalized spacial score (nSPS) is 14.0. The average molecular weight is 389 g/mol. The van der Waals surface area contributed by atoms with Crippen molar-refractivity contribution in [3.63, 3.8) is 0 Å². The van der Waals surface area contributed by atoms with Crippen LogP contribution in [-0.2, 0) is 0 Å². The van der Waals surface area contributed by atoms with Crippen LogP contribution >= 0.6 is 0 Å². The second-order valence-electron chi connectivity index (χ2n) is 6.19. The summed E-state index contributed by atoms with van der Waals surface area (Å²) in [6, 6.07) is 7.82. The first-order chi connectivity index (χ1) is 13.3. The van der Waals surface area contributed by atoms with E-state index < -0.39 is 27.1 Å². The van der Waals surface area contributed by atoms with Gasteiger partial charge in [0.15, 0.2) is 5.69 Å². The van der Waals surface area contributed by atoms with Crippen LogP contribution in [0.2, 0.25) is 0 Å². The van der Waals surface area contributed by atoms with Gasteiger partial charge in [0.2, 0.25) is 5.91 Å². The van der Waals surface area contributed by atoms with E-state index in [1.807, 2.05) is 4.90 Å². The Morgan fingerprint density at radius 3 is 1.82 bits per heavy atom. The molecule has 0 spiro atoms. The molecule has 10 nitrogen and oxygen atoms in total. The molecule has 11 heteroatoms. The number of carbonyl (C=O) groups is 1. The van der Waals surface area contributed by atoms with E-state index in [4.69, 9.17) is 5.73 Å². The largest absolute Gasteiger partial charge is 0.368 e. The molecule has 28 heavy (non-hydrogen) atoms. The van der Waals surface area contributed by atoms with E-state index in [2.05, 4.69) is 0 Å². The van der Waals surface area contributed by atoms with Crippen molar-refractivity contribution < 1.29 is 19.0 Å². The third kappa shape index (κ3) is 3.68. The summed E-state index contributed by atoms with van der Waals surface area (Å²) in [6.07, 6.45) is 0. The first kappa shape index (κ1) is 19.0. The van der Waals surface area contributed by atoms with Gasteiger partial charge in [-0.25, -0.2) is 4.39 Å². The van der Waals surface area contributed by atoms with Crippen LogP contribution in [0.5, 0.6) is 0 Å². The number of hydrogen-bond donors (Lipinski definition) is 1. The fourth-order valence-corrected chi connectivity index (χ4v) is 3.19. The van der Waals surface area contributed by atoms with Gasteiger partial charge >= 0.3 is 0 Å². The molecule has 1 aliphatic heterocycles. The average Bonchev–Trinajstić information content (AvgIpc) is 2.67. The van der Waals surface area contributed by atoms with Crippen LogP contribution in [0.25, 0.3) is 0 Å². The lowest BCUT2D eigenvalue weighted by atomic mass is 10.1. The van der Waals surface area contributed by atoms with E-state index in [1.165, 1.54) is 12.1 Å². The molecule has 0 bridgehead atoms. The molecule has 0 radical (unpaired) electrons. The molecule has 0 unspecified atom stereocenters. The van der Waals surface area contributed by atoms with Gasteiger partial charge in [0.05, 0.1) is 15.4 Å².